The topological polar surface area (TPSA) is 26.0 Å². The third kappa shape index (κ3) is 2.39. The molecule has 0 radical (unpaired) electrons. The molecule has 1 unspecified atom stereocenters. The van der Waals surface area contributed by atoms with Gasteiger partial charge in [0.25, 0.3) is 0 Å². The highest BCUT2D eigenvalue weighted by Crippen LogP contribution is 2.33. The lowest BCUT2D eigenvalue weighted by Gasteiger charge is -2.16. The lowest BCUT2D eigenvalue weighted by molar-refractivity contribution is 0.879. The van der Waals surface area contributed by atoms with Gasteiger partial charge in [0.2, 0.25) is 0 Å². The van der Waals surface area contributed by atoms with Gasteiger partial charge in [-0.1, -0.05) is 23.7 Å². The summed E-state index contributed by atoms with van der Waals surface area (Å²) in [5.74, 6) is 0. The molecule has 0 aliphatic heterocycles. The molecule has 1 aromatic carbocycles. The van der Waals surface area contributed by atoms with Gasteiger partial charge in [0, 0.05) is 4.88 Å². The Labute approximate surface area is 111 Å². The third-order valence-corrected chi connectivity index (χ3v) is 4.59. The minimum atomic E-state index is -0.123. The van der Waals surface area contributed by atoms with E-state index in [-0.39, 0.29) is 6.04 Å². The van der Waals surface area contributed by atoms with Crippen LogP contribution in [0.5, 0.6) is 0 Å². The first-order chi connectivity index (χ1) is 8.00. The number of thiophene rings is 1. The molecule has 2 rings (SSSR count). The van der Waals surface area contributed by atoms with Crippen LogP contribution >= 0.6 is 22.9 Å². The van der Waals surface area contributed by atoms with Gasteiger partial charge >= 0.3 is 0 Å². The summed E-state index contributed by atoms with van der Waals surface area (Å²) in [5.41, 5.74) is 11.3. The van der Waals surface area contributed by atoms with Gasteiger partial charge in [-0.3, -0.25) is 0 Å². The number of hydrogen-bond acceptors (Lipinski definition) is 2. The van der Waals surface area contributed by atoms with E-state index in [1.165, 1.54) is 16.7 Å². The predicted molar refractivity (Wildman–Crippen MR) is 76.0 cm³/mol. The van der Waals surface area contributed by atoms with Gasteiger partial charge in [-0.2, -0.15) is 0 Å². The van der Waals surface area contributed by atoms with Crippen LogP contribution in [0.3, 0.4) is 0 Å². The molecular weight excluding hydrogens is 250 g/mol. The summed E-state index contributed by atoms with van der Waals surface area (Å²) in [6.45, 7) is 6.33. The molecule has 1 heterocycles. The van der Waals surface area contributed by atoms with E-state index < -0.39 is 0 Å². The first-order valence-corrected chi connectivity index (χ1v) is 6.82. The van der Waals surface area contributed by atoms with Gasteiger partial charge in [-0.25, -0.2) is 0 Å². The second kappa shape index (κ2) is 4.81. The van der Waals surface area contributed by atoms with Gasteiger partial charge in [0.1, 0.15) is 0 Å². The average molecular weight is 266 g/mol. The summed E-state index contributed by atoms with van der Waals surface area (Å²) < 4.78 is 0. The van der Waals surface area contributed by atoms with Crippen molar-refractivity contribution >= 4 is 22.9 Å². The van der Waals surface area contributed by atoms with E-state index in [9.17, 15) is 0 Å². The van der Waals surface area contributed by atoms with Crippen LogP contribution in [0, 0.1) is 20.8 Å². The van der Waals surface area contributed by atoms with Crippen LogP contribution in [0.2, 0.25) is 5.02 Å². The number of benzene rings is 1. The summed E-state index contributed by atoms with van der Waals surface area (Å²) in [7, 11) is 0. The van der Waals surface area contributed by atoms with Crippen LogP contribution < -0.4 is 5.73 Å². The van der Waals surface area contributed by atoms with Crippen molar-refractivity contribution in [3.05, 3.63) is 55.7 Å². The van der Waals surface area contributed by atoms with Crippen LogP contribution in [0.25, 0.3) is 0 Å². The van der Waals surface area contributed by atoms with E-state index in [2.05, 4.69) is 32.9 Å². The van der Waals surface area contributed by atoms with Crippen LogP contribution in [0.15, 0.2) is 23.6 Å². The third-order valence-electron chi connectivity index (χ3n) is 3.14. The SMILES string of the molecule is Cc1cc(C)c(C(N)c2sccc2Cl)cc1C. The molecular formula is C14H16ClNS. The van der Waals surface area contributed by atoms with E-state index in [0.29, 0.717) is 0 Å². The zero-order valence-corrected chi connectivity index (χ0v) is 11.8. The van der Waals surface area contributed by atoms with Gasteiger partial charge in [0.05, 0.1) is 11.1 Å². The Balaban J connectivity index is 2.48. The average Bonchev–Trinajstić information content (AvgIpc) is 2.69. The zero-order chi connectivity index (χ0) is 12.6. The molecule has 1 atom stereocenters. The van der Waals surface area contributed by atoms with E-state index in [1.54, 1.807) is 11.3 Å². The normalized spacial score (nSPS) is 12.8. The minimum Gasteiger partial charge on any atom is -0.320 e. The first-order valence-electron chi connectivity index (χ1n) is 5.57. The van der Waals surface area contributed by atoms with E-state index >= 15 is 0 Å². The molecule has 0 amide bonds. The lowest BCUT2D eigenvalue weighted by atomic mass is 9.95. The molecule has 0 aliphatic carbocycles. The van der Waals surface area contributed by atoms with Crippen LogP contribution in [0.1, 0.15) is 33.2 Å². The summed E-state index contributed by atoms with van der Waals surface area (Å²) in [5, 5.41) is 2.74. The maximum Gasteiger partial charge on any atom is 0.0663 e. The molecule has 2 N–H and O–H groups in total. The second-order valence-corrected chi connectivity index (χ2v) is 5.76. The Hall–Kier alpha value is -0.830. The number of rotatable bonds is 2. The smallest absolute Gasteiger partial charge is 0.0663 e. The van der Waals surface area contributed by atoms with Crippen LogP contribution in [0.4, 0.5) is 0 Å². The zero-order valence-electron chi connectivity index (χ0n) is 10.3. The Morgan fingerprint density at radius 1 is 1.12 bits per heavy atom. The molecule has 0 saturated heterocycles. The molecule has 1 aromatic heterocycles. The van der Waals surface area contributed by atoms with Crippen molar-refractivity contribution in [2.45, 2.75) is 26.8 Å². The lowest BCUT2D eigenvalue weighted by Crippen LogP contribution is -2.12. The molecule has 0 aliphatic rings. The highest BCUT2D eigenvalue weighted by atomic mass is 35.5. The van der Waals surface area contributed by atoms with Crippen LogP contribution in [-0.4, -0.2) is 0 Å². The van der Waals surface area contributed by atoms with Crippen LogP contribution in [-0.2, 0) is 0 Å². The summed E-state index contributed by atoms with van der Waals surface area (Å²) in [4.78, 5) is 1.04. The maximum absolute atomic E-state index is 6.31. The number of halogens is 1. The number of hydrogen-bond donors (Lipinski definition) is 1. The minimum absolute atomic E-state index is 0.123. The first kappa shape index (κ1) is 12.6. The van der Waals surface area contributed by atoms with Gasteiger partial charge in [-0.05, 0) is 54.5 Å². The van der Waals surface area contributed by atoms with Crippen molar-refractivity contribution in [1.82, 2.24) is 0 Å². The van der Waals surface area contributed by atoms with Crippen molar-refractivity contribution < 1.29 is 0 Å². The Bertz CT molecular complexity index is 545. The van der Waals surface area contributed by atoms with Crippen molar-refractivity contribution in [3.63, 3.8) is 0 Å². The molecule has 2 aromatic rings. The highest BCUT2D eigenvalue weighted by molar-refractivity contribution is 7.10. The van der Waals surface area contributed by atoms with E-state index in [1.807, 2.05) is 11.4 Å². The maximum atomic E-state index is 6.31. The molecule has 0 saturated carbocycles. The monoisotopic (exact) mass is 265 g/mol. The fourth-order valence-electron chi connectivity index (χ4n) is 1.99. The molecule has 90 valence electrons. The predicted octanol–water partition coefficient (Wildman–Crippen LogP) is 4.37. The van der Waals surface area contributed by atoms with Gasteiger partial charge < -0.3 is 5.73 Å². The van der Waals surface area contributed by atoms with Crippen molar-refractivity contribution in [2.75, 3.05) is 0 Å². The van der Waals surface area contributed by atoms with E-state index in [4.69, 9.17) is 17.3 Å². The molecule has 0 spiro atoms. The fourth-order valence-corrected chi connectivity index (χ4v) is 3.18. The van der Waals surface area contributed by atoms with E-state index in [0.717, 1.165) is 15.5 Å². The Morgan fingerprint density at radius 3 is 2.35 bits per heavy atom. The largest absolute Gasteiger partial charge is 0.320 e. The van der Waals surface area contributed by atoms with Gasteiger partial charge in [-0.15, -0.1) is 11.3 Å². The Morgan fingerprint density at radius 2 is 1.76 bits per heavy atom. The molecule has 1 nitrogen and oxygen atoms in total. The highest BCUT2D eigenvalue weighted by Gasteiger charge is 2.16. The number of nitrogens with two attached hydrogens (primary N) is 1. The summed E-state index contributed by atoms with van der Waals surface area (Å²) >= 11 is 7.75. The van der Waals surface area contributed by atoms with Gasteiger partial charge in [0.15, 0.2) is 0 Å². The van der Waals surface area contributed by atoms with Crippen molar-refractivity contribution in [1.29, 1.82) is 0 Å². The standard InChI is InChI=1S/C14H16ClNS/c1-8-6-10(3)11(7-9(8)2)13(16)14-12(15)4-5-17-14/h4-7,13H,16H2,1-3H3. The van der Waals surface area contributed by atoms with Crippen molar-refractivity contribution in [2.24, 2.45) is 5.73 Å². The molecule has 0 bridgehead atoms. The quantitative estimate of drug-likeness (QED) is 0.857. The fraction of sp³-hybridized carbons (Fsp3) is 0.286. The molecule has 17 heavy (non-hydrogen) atoms. The molecule has 3 heteroatoms. The summed E-state index contributed by atoms with van der Waals surface area (Å²) in [6.07, 6.45) is 0. The molecule has 0 fully saturated rings. The summed E-state index contributed by atoms with van der Waals surface area (Å²) in [6, 6.07) is 6.14. The van der Waals surface area contributed by atoms with Crippen molar-refractivity contribution in [3.8, 4) is 0 Å². The number of aryl methyl sites for hydroxylation is 3. The Kier molecular flexibility index (Phi) is 3.57. The second-order valence-electron chi connectivity index (χ2n) is 4.40.